The summed E-state index contributed by atoms with van der Waals surface area (Å²) < 4.78 is 4.96. The van der Waals surface area contributed by atoms with E-state index in [0.717, 1.165) is 11.1 Å². The van der Waals surface area contributed by atoms with Crippen molar-refractivity contribution in [2.24, 2.45) is 5.73 Å². The molecule has 20 heavy (non-hydrogen) atoms. The maximum absolute atomic E-state index is 12.3. The molecule has 0 saturated carbocycles. The van der Waals surface area contributed by atoms with E-state index in [1.54, 1.807) is 13.8 Å². The molecule has 0 fully saturated rings. The molecule has 1 atom stereocenters. The normalized spacial score (nSPS) is 14.7. The molecule has 1 unspecified atom stereocenters. The third kappa shape index (κ3) is 3.81. The van der Waals surface area contributed by atoms with Crippen LogP contribution in [-0.2, 0) is 14.9 Å². The van der Waals surface area contributed by atoms with E-state index in [9.17, 15) is 9.90 Å². The number of esters is 1. The van der Waals surface area contributed by atoms with Crippen molar-refractivity contribution in [1.82, 2.24) is 0 Å². The Morgan fingerprint density at radius 3 is 2.20 bits per heavy atom. The summed E-state index contributed by atoms with van der Waals surface area (Å²) in [6.07, 6.45) is 0.913. The Hall–Kier alpha value is -1.39. The monoisotopic (exact) mass is 279 g/mol. The van der Waals surface area contributed by atoms with Crippen molar-refractivity contribution in [3.8, 4) is 0 Å². The van der Waals surface area contributed by atoms with Crippen molar-refractivity contribution in [1.29, 1.82) is 0 Å². The van der Waals surface area contributed by atoms with E-state index in [-0.39, 0.29) is 12.5 Å². The maximum Gasteiger partial charge on any atom is 0.317 e. The highest BCUT2D eigenvalue weighted by Crippen LogP contribution is 2.32. The van der Waals surface area contributed by atoms with Gasteiger partial charge >= 0.3 is 5.97 Å². The summed E-state index contributed by atoms with van der Waals surface area (Å²) >= 11 is 0. The molecule has 3 N–H and O–H groups in total. The number of benzene rings is 1. The van der Waals surface area contributed by atoms with Crippen LogP contribution in [0.4, 0.5) is 0 Å². The van der Waals surface area contributed by atoms with Gasteiger partial charge in [-0.05, 0) is 39.2 Å². The summed E-state index contributed by atoms with van der Waals surface area (Å²) in [5.41, 5.74) is 6.11. The van der Waals surface area contributed by atoms with Gasteiger partial charge in [0.05, 0.1) is 12.7 Å². The molecule has 0 heterocycles. The fraction of sp³-hybridized carbons (Fsp3) is 0.562. The first-order valence-corrected chi connectivity index (χ1v) is 6.83. The molecule has 0 bridgehead atoms. The molecule has 0 radical (unpaired) electrons. The minimum atomic E-state index is -0.900. The van der Waals surface area contributed by atoms with Gasteiger partial charge in [-0.3, -0.25) is 4.79 Å². The molecule has 0 aliphatic carbocycles. The molecule has 4 nitrogen and oxygen atoms in total. The van der Waals surface area contributed by atoms with E-state index >= 15 is 0 Å². The standard InChI is InChI=1S/C16H25NO3/c1-12-5-7-13(8-6-12)16(11-17,14(18)20-4)10-9-15(2,3)19/h5-8,19H,9-11,17H2,1-4H3. The summed E-state index contributed by atoms with van der Waals surface area (Å²) in [5, 5.41) is 9.93. The molecule has 0 aliphatic rings. The molecule has 0 aliphatic heterocycles. The average molecular weight is 279 g/mol. The lowest BCUT2D eigenvalue weighted by atomic mass is 9.74. The van der Waals surface area contributed by atoms with Crippen LogP contribution in [0.25, 0.3) is 0 Å². The van der Waals surface area contributed by atoms with Gasteiger partial charge in [-0.25, -0.2) is 0 Å². The molecule has 112 valence electrons. The quantitative estimate of drug-likeness (QED) is 0.780. The van der Waals surface area contributed by atoms with Crippen LogP contribution in [0.1, 0.15) is 37.8 Å². The summed E-state index contributed by atoms with van der Waals surface area (Å²) in [6, 6.07) is 7.71. The van der Waals surface area contributed by atoms with Crippen molar-refractivity contribution < 1.29 is 14.6 Å². The zero-order valence-electron chi connectivity index (χ0n) is 12.8. The van der Waals surface area contributed by atoms with Crippen LogP contribution >= 0.6 is 0 Å². The smallest absolute Gasteiger partial charge is 0.317 e. The van der Waals surface area contributed by atoms with E-state index in [1.807, 2.05) is 31.2 Å². The molecule has 1 rings (SSSR count). The number of nitrogens with two attached hydrogens (primary N) is 1. The Labute approximate surface area is 120 Å². The molecular formula is C16H25NO3. The fourth-order valence-electron chi connectivity index (χ4n) is 2.25. The van der Waals surface area contributed by atoms with Gasteiger partial charge in [-0.1, -0.05) is 29.8 Å². The average Bonchev–Trinajstić information content (AvgIpc) is 2.40. The largest absolute Gasteiger partial charge is 0.468 e. The summed E-state index contributed by atoms with van der Waals surface area (Å²) in [4.78, 5) is 12.3. The van der Waals surface area contributed by atoms with Crippen molar-refractivity contribution in [2.45, 2.75) is 44.6 Å². The second kappa shape index (κ2) is 6.37. The Bertz CT molecular complexity index is 448. The van der Waals surface area contributed by atoms with Crippen LogP contribution < -0.4 is 5.73 Å². The molecular weight excluding hydrogens is 254 g/mol. The summed E-state index contributed by atoms with van der Waals surface area (Å²) in [6.45, 7) is 5.59. The second-order valence-electron chi connectivity index (χ2n) is 5.96. The van der Waals surface area contributed by atoms with Crippen LogP contribution in [0, 0.1) is 6.92 Å². The first-order valence-electron chi connectivity index (χ1n) is 6.83. The highest BCUT2D eigenvalue weighted by atomic mass is 16.5. The van der Waals surface area contributed by atoms with Gasteiger partial charge in [0.2, 0.25) is 0 Å². The van der Waals surface area contributed by atoms with Crippen molar-refractivity contribution in [3.05, 3.63) is 35.4 Å². The molecule has 1 aromatic carbocycles. The van der Waals surface area contributed by atoms with Gasteiger partial charge in [0, 0.05) is 6.54 Å². The number of hydrogen-bond acceptors (Lipinski definition) is 4. The van der Waals surface area contributed by atoms with Gasteiger partial charge in [0.1, 0.15) is 5.41 Å². The topological polar surface area (TPSA) is 72.5 Å². The zero-order chi connectivity index (χ0) is 15.4. The lowest BCUT2D eigenvalue weighted by Crippen LogP contribution is -2.45. The molecule has 4 heteroatoms. The number of methoxy groups -OCH3 is 1. The highest BCUT2D eigenvalue weighted by molar-refractivity contribution is 5.83. The van der Waals surface area contributed by atoms with E-state index in [4.69, 9.17) is 10.5 Å². The Morgan fingerprint density at radius 2 is 1.80 bits per heavy atom. The Balaban J connectivity index is 3.17. The van der Waals surface area contributed by atoms with Gasteiger partial charge in [0.25, 0.3) is 0 Å². The Morgan fingerprint density at radius 1 is 1.25 bits per heavy atom. The predicted molar refractivity (Wildman–Crippen MR) is 79.5 cm³/mol. The minimum absolute atomic E-state index is 0.152. The predicted octanol–water partition coefficient (Wildman–Crippen LogP) is 1.92. The van der Waals surface area contributed by atoms with Gasteiger partial charge < -0.3 is 15.6 Å². The van der Waals surface area contributed by atoms with Crippen molar-refractivity contribution in [3.63, 3.8) is 0 Å². The zero-order valence-corrected chi connectivity index (χ0v) is 12.8. The van der Waals surface area contributed by atoms with Gasteiger partial charge in [0.15, 0.2) is 0 Å². The van der Waals surface area contributed by atoms with E-state index in [2.05, 4.69) is 0 Å². The van der Waals surface area contributed by atoms with Gasteiger partial charge in [-0.2, -0.15) is 0 Å². The molecule has 0 amide bonds. The number of aliphatic hydroxyl groups is 1. The number of carbonyl (C=O) groups excluding carboxylic acids is 1. The summed E-state index contributed by atoms with van der Waals surface area (Å²) in [5.74, 6) is -0.354. The maximum atomic E-state index is 12.3. The molecule has 0 spiro atoms. The highest BCUT2D eigenvalue weighted by Gasteiger charge is 2.41. The summed E-state index contributed by atoms with van der Waals surface area (Å²) in [7, 11) is 1.37. The minimum Gasteiger partial charge on any atom is -0.468 e. The molecule has 1 aromatic rings. The van der Waals surface area contributed by atoms with Crippen molar-refractivity contribution >= 4 is 5.97 Å². The fourth-order valence-corrected chi connectivity index (χ4v) is 2.25. The number of carbonyl (C=O) groups is 1. The number of rotatable bonds is 6. The first kappa shape index (κ1) is 16.7. The third-order valence-corrected chi connectivity index (χ3v) is 3.69. The van der Waals surface area contributed by atoms with Crippen LogP contribution in [0.5, 0.6) is 0 Å². The number of ether oxygens (including phenoxy) is 1. The SMILES string of the molecule is COC(=O)C(CN)(CCC(C)(C)O)c1ccc(C)cc1. The van der Waals surface area contributed by atoms with Crippen LogP contribution in [0.2, 0.25) is 0 Å². The third-order valence-electron chi connectivity index (χ3n) is 3.69. The van der Waals surface area contributed by atoms with E-state index in [0.29, 0.717) is 12.8 Å². The van der Waals surface area contributed by atoms with E-state index in [1.165, 1.54) is 7.11 Å². The lowest BCUT2D eigenvalue weighted by molar-refractivity contribution is -0.148. The van der Waals surface area contributed by atoms with E-state index < -0.39 is 11.0 Å². The first-order chi connectivity index (χ1) is 9.25. The van der Waals surface area contributed by atoms with Crippen LogP contribution in [-0.4, -0.2) is 30.3 Å². The van der Waals surface area contributed by atoms with Crippen LogP contribution in [0.3, 0.4) is 0 Å². The number of aryl methyl sites for hydroxylation is 1. The van der Waals surface area contributed by atoms with Gasteiger partial charge in [-0.15, -0.1) is 0 Å². The van der Waals surface area contributed by atoms with Crippen molar-refractivity contribution in [2.75, 3.05) is 13.7 Å². The molecule has 0 aromatic heterocycles. The lowest BCUT2D eigenvalue weighted by Gasteiger charge is -2.32. The number of hydrogen-bond donors (Lipinski definition) is 2. The Kier molecular flexibility index (Phi) is 5.31. The molecule has 0 saturated heterocycles. The second-order valence-corrected chi connectivity index (χ2v) is 5.96. The van der Waals surface area contributed by atoms with Crippen LogP contribution in [0.15, 0.2) is 24.3 Å².